The van der Waals surface area contributed by atoms with E-state index in [4.69, 9.17) is 4.74 Å². The zero-order valence-electron chi connectivity index (χ0n) is 7.65. The number of esters is 1. The van der Waals surface area contributed by atoms with E-state index in [9.17, 15) is 9.18 Å². The monoisotopic (exact) mass is 194 g/mol. The van der Waals surface area contributed by atoms with Gasteiger partial charge in [-0.25, -0.2) is 9.18 Å². The van der Waals surface area contributed by atoms with Crippen molar-refractivity contribution < 1.29 is 13.9 Å². The van der Waals surface area contributed by atoms with Crippen molar-refractivity contribution in [3.8, 4) is 0 Å². The largest absolute Gasteiger partial charge is 0.459 e. The lowest BCUT2D eigenvalue weighted by Gasteiger charge is -2.05. The Kier molecular flexibility index (Phi) is 3.85. The SMILES string of the molecule is C=C[C@@H](F)COC(=O)c1ccccc1. The zero-order valence-corrected chi connectivity index (χ0v) is 7.65. The van der Waals surface area contributed by atoms with E-state index in [1.54, 1.807) is 30.3 Å². The molecule has 0 aliphatic heterocycles. The molecule has 0 amide bonds. The lowest BCUT2D eigenvalue weighted by Crippen LogP contribution is -2.12. The van der Waals surface area contributed by atoms with Gasteiger partial charge in [0.15, 0.2) is 6.17 Å². The molecule has 0 aromatic heterocycles. The topological polar surface area (TPSA) is 26.3 Å². The van der Waals surface area contributed by atoms with Gasteiger partial charge in [0.2, 0.25) is 0 Å². The maximum Gasteiger partial charge on any atom is 0.338 e. The molecule has 1 rings (SSSR count). The normalized spacial score (nSPS) is 11.8. The van der Waals surface area contributed by atoms with Crippen molar-refractivity contribution >= 4 is 5.97 Å². The molecule has 14 heavy (non-hydrogen) atoms. The quantitative estimate of drug-likeness (QED) is 0.543. The molecule has 3 heteroatoms. The van der Waals surface area contributed by atoms with Crippen molar-refractivity contribution in [2.24, 2.45) is 0 Å². The second-order valence-electron chi connectivity index (χ2n) is 2.72. The van der Waals surface area contributed by atoms with Gasteiger partial charge in [0, 0.05) is 0 Å². The van der Waals surface area contributed by atoms with Crippen LogP contribution < -0.4 is 0 Å². The Morgan fingerprint density at radius 1 is 1.50 bits per heavy atom. The van der Waals surface area contributed by atoms with Crippen LogP contribution in [-0.2, 0) is 4.74 Å². The smallest absolute Gasteiger partial charge is 0.338 e. The van der Waals surface area contributed by atoms with Crippen LogP contribution >= 0.6 is 0 Å². The van der Waals surface area contributed by atoms with Crippen molar-refractivity contribution in [3.05, 3.63) is 48.6 Å². The van der Waals surface area contributed by atoms with Gasteiger partial charge >= 0.3 is 5.97 Å². The van der Waals surface area contributed by atoms with Gasteiger partial charge in [-0.1, -0.05) is 24.3 Å². The molecule has 1 aromatic rings. The number of halogens is 1. The average Bonchev–Trinajstić information content (AvgIpc) is 2.26. The highest BCUT2D eigenvalue weighted by atomic mass is 19.1. The fourth-order valence-electron chi connectivity index (χ4n) is 0.881. The summed E-state index contributed by atoms with van der Waals surface area (Å²) in [6, 6.07) is 8.46. The molecule has 0 heterocycles. The third-order valence-electron chi connectivity index (χ3n) is 1.64. The van der Waals surface area contributed by atoms with Crippen LogP contribution in [0.4, 0.5) is 4.39 Å². The first kappa shape index (κ1) is 10.4. The van der Waals surface area contributed by atoms with E-state index in [0.29, 0.717) is 5.56 Å². The second-order valence-corrected chi connectivity index (χ2v) is 2.72. The molecule has 0 aliphatic carbocycles. The average molecular weight is 194 g/mol. The lowest BCUT2D eigenvalue weighted by atomic mass is 10.2. The molecule has 1 atom stereocenters. The number of rotatable bonds is 4. The molecule has 1 aromatic carbocycles. The molecule has 74 valence electrons. The standard InChI is InChI=1S/C11H11FO2/c1-2-10(12)8-14-11(13)9-6-4-3-5-7-9/h2-7,10H,1,8H2/t10-/m1/s1. The Labute approximate surface area is 82.0 Å². The fraction of sp³-hybridized carbons (Fsp3) is 0.182. The van der Waals surface area contributed by atoms with E-state index in [2.05, 4.69) is 6.58 Å². The predicted octanol–water partition coefficient (Wildman–Crippen LogP) is 2.37. The number of hydrogen-bond acceptors (Lipinski definition) is 2. The van der Waals surface area contributed by atoms with E-state index in [-0.39, 0.29) is 6.61 Å². The van der Waals surface area contributed by atoms with E-state index in [1.165, 1.54) is 0 Å². The van der Waals surface area contributed by atoms with Gasteiger partial charge in [0.25, 0.3) is 0 Å². The summed E-state index contributed by atoms with van der Waals surface area (Å²) in [7, 11) is 0. The molecule has 0 radical (unpaired) electrons. The molecule has 0 spiro atoms. The molecule has 0 fully saturated rings. The van der Waals surface area contributed by atoms with Crippen LogP contribution in [0.15, 0.2) is 43.0 Å². The predicted molar refractivity (Wildman–Crippen MR) is 51.8 cm³/mol. The van der Waals surface area contributed by atoms with Gasteiger partial charge in [-0.2, -0.15) is 0 Å². The maximum atomic E-state index is 12.6. The van der Waals surface area contributed by atoms with Gasteiger partial charge in [-0.15, -0.1) is 6.58 Å². The van der Waals surface area contributed by atoms with Crippen molar-refractivity contribution in [3.63, 3.8) is 0 Å². The third-order valence-corrected chi connectivity index (χ3v) is 1.64. The molecule has 0 N–H and O–H groups in total. The molecule has 2 nitrogen and oxygen atoms in total. The number of alkyl halides is 1. The van der Waals surface area contributed by atoms with Crippen LogP contribution in [0.3, 0.4) is 0 Å². The molecular formula is C11H11FO2. The van der Waals surface area contributed by atoms with Crippen LogP contribution in [0.25, 0.3) is 0 Å². The maximum absolute atomic E-state index is 12.6. The minimum absolute atomic E-state index is 0.281. The number of carbonyl (C=O) groups excluding carboxylic acids is 1. The van der Waals surface area contributed by atoms with Crippen LogP contribution in [0.2, 0.25) is 0 Å². The first-order valence-electron chi connectivity index (χ1n) is 4.23. The minimum atomic E-state index is -1.30. The van der Waals surface area contributed by atoms with E-state index < -0.39 is 12.1 Å². The van der Waals surface area contributed by atoms with Gasteiger partial charge in [0.1, 0.15) is 6.61 Å². The van der Waals surface area contributed by atoms with Crippen LogP contribution in [0.1, 0.15) is 10.4 Å². The Bertz CT molecular complexity index is 308. The Morgan fingerprint density at radius 2 is 2.14 bits per heavy atom. The summed E-state index contributed by atoms with van der Waals surface area (Å²) >= 11 is 0. The van der Waals surface area contributed by atoms with Crippen molar-refractivity contribution in [2.45, 2.75) is 6.17 Å². The van der Waals surface area contributed by atoms with Crippen LogP contribution in [0, 0.1) is 0 Å². The summed E-state index contributed by atoms with van der Waals surface area (Å²) in [5, 5.41) is 0. The summed E-state index contributed by atoms with van der Waals surface area (Å²) in [5.41, 5.74) is 0.420. The second kappa shape index (κ2) is 5.17. The summed E-state index contributed by atoms with van der Waals surface area (Å²) < 4.78 is 17.3. The van der Waals surface area contributed by atoms with Crippen molar-refractivity contribution in [2.75, 3.05) is 6.61 Å². The van der Waals surface area contributed by atoms with E-state index >= 15 is 0 Å². The highest BCUT2D eigenvalue weighted by Crippen LogP contribution is 2.02. The molecule has 0 bridgehead atoms. The highest BCUT2D eigenvalue weighted by molar-refractivity contribution is 5.89. The summed E-state index contributed by atoms with van der Waals surface area (Å²) in [6.45, 7) is 2.96. The molecular weight excluding hydrogens is 183 g/mol. The van der Waals surface area contributed by atoms with Crippen molar-refractivity contribution in [1.29, 1.82) is 0 Å². The van der Waals surface area contributed by atoms with Crippen LogP contribution in [-0.4, -0.2) is 18.7 Å². The fourth-order valence-corrected chi connectivity index (χ4v) is 0.881. The number of benzene rings is 1. The summed E-state index contributed by atoms with van der Waals surface area (Å²) in [6.07, 6.45) is -0.208. The number of hydrogen-bond donors (Lipinski definition) is 0. The van der Waals surface area contributed by atoms with E-state index in [0.717, 1.165) is 6.08 Å². The molecule has 0 saturated heterocycles. The highest BCUT2D eigenvalue weighted by Gasteiger charge is 2.08. The van der Waals surface area contributed by atoms with Gasteiger partial charge in [0.05, 0.1) is 5.56 Å². The third kappa shape index (κ3) is 3.01. The number of carbonyl (C=O) groups is 1. The first-order valence-corrected chi connectivity index (χ1v) is 4.23. The minimum Gasteiger partial charge on any atom is -0.459 e. The Morgan fingerprint density at radius 3 is 2.71 bits per heavy atom. The Balaban J connectivity index is 2.47. The van der Waals surface area contributed by atoms with Gasteiger partial charge in [-0.3, -0.25) is 0 Å². The van der Waals surface area contributed by atoms with Crippen LogP contribution in [0.5, 0.6) is 0 Å². The van der Waals surface area contributed by atoms with Gasteiger partial charge in [-0.05, 0) is 12.1 Å². The lowest BCUT2D eigenvalue weighted by molar-refractivity contribution is 0.0437. The first-order chi connectivity index (χ1) is 6.74. The summed E-state index contributed by atoms with van der Waals surface area (Å²) in [5.74, 6) is -0.518. The molecule has 0 unspecified atom stereocenters. The Hall–Kier alpha value is -1.64. The summed E-state index contributed by atoms with van der Waals surface area (Å²) in [4.78, 5) is 11.2. The molecule has 0 saturated carbocycles. The van der Waals surface area contributed by atoms with E-state index in [1.807, 2.05) is 0 Å². The van der Waals surface area contributed by atoms with Gasteiger partial charge < -0.3 is 4.74 Å². The van der Waals surface area contributed by atoms with Crippen molar-refractivity contribution in [1.82, 2.24) is 0 Å². The zero-order chi connectivity index (χ0) is 10.4. The molecule has 0 aliphatic rings. The number of ether oxygens (including phenoxy) is 1.